The number of carbonyl (C=O) groups is 3. The van der Waals surface area contributed by atoms with Gasteiger partial charge in [0.1, 0.15) is 5.57 Å². The second-order valence-electron chi connectivity index (χ2n) is 6.17. The number of carbonyl (C=O) groups excluding carboxylic acids is 3. The number of ether oxygens (including phenoxy) is 3. The Balaban J connectivity index is 2.12. The van der Waals surface area contributed by atoms with E-state index in [2.05, 4.69) is 5.32 Å². The number of imide groups is 2. The van der Waals surface area contributed by atoms with Crippen LogP contribution in [-0.2, 0) is 9.59 Å². The third-order valence-electron chi connectivity index (χ3n) is 4.49. The van der Waals surface area contributed by atoms with Crippen molar-refractivity contribution in [1.82, 2.24) is 5.32 Å². The molecule has 0 aliphatic carbocycles. The number of aryl methyl sites for hydroxylation is 1. The lowest BCUT2D eigenvalue weighted by molar-refractivity contribution is -0.122. The highest BCUT2D eigenvalue weighted by Crippen LogP contribution is 2.40. The van der Waals surface area contributed by atoms with Gasteiger partial charge in [0.05, 0.1) is 27.0 Å². The maximum Gasteiger partial charge on any atom is 0.335 e. The van der Waals surface area contributed by atoms with Gasteiger partial charge < -0.3 is 14.2 Å². The molecular formula is C21H20N2O6. The molecule has 150 valence electrons. The number of hydrogen-bond acceptors (Lipinski definition) is 6. The molecule has 8 nitrogen and oxygen atoms in total. The van der Waals surface area contributed by atoms with Crippen LogP contribution in [-0.4, -0.2) is 39.2 Å². The topological polar surface area (TPSA) is 94.2 Å². The van der Waals surface area contributed by atoms with E-state index in [4.69, 9.17) is 14.2 Å². The van der Waals surface area contributed by atoms with Crippen molar-refractivity contribution in [2.45, 2.75) is 6.92 Å². The Bertz CT molecular complexity index is 1030. The predicted molar refractivity (Wildman–Crippen MR) is 106 cm³/mol. The largest absolute Gasteiger partial charge is 0.493 e. The maximum absolute atomic E-state index is 13.1. The van der Waals surface area contributed by atoms with E-state index in [1.807, 2.05) is 0 Å². The van der Waals surface area contributed by atoms with Crippen molar-refractivity contribution in [3.8, 4) is 17.2 Å². The zero-order chi connectivity index (χ0) is 21.1. The van der Waals surface area contributed by atoms with Gasteiger partial charge in [-0.25, -0.2) is 9.69 Å². The lowest BCUT2D eigenvalue weighted by atomic mass is 10.0. The van der Waals surface area contributed by atoms with Crippen molar-refractivity contribution in [1.29, 1.82) is 0 Å². The molecule has 1 N–H and O–H groups in total. The first-order chi connectivity index (χ1) is 13.9. The van der Waals surface area contributed by atoms with Crippen molar-refractivity contribution in [2.75, 3.05) is 26.2 Å². The average molecular weight is 396 g/mol. The molecular weight excluding hydrogens is 376 g/mol. The smallest absolute Gasteiger partial charge is 0.335 e. The third kappa shape index (κ3) is 3.52. The fraction of sp³-hybridized carbons (Fsp3) is 0.190. The molecule has 0 radical (unpaired) electrons. The third-order valence-corrected chi connectivity index (χ3v) is 4.49. The Kier molecular flexibility index (Phi) is 5.54. The second kappa shape index (κ2) is 8.05. The number of amides is 4. The first-order valence-corrected chi connectivity index (χ1v) is 8.69. The number of hydrogen-bond donors (Lipinski definition) is 1. The molecule has 3 rings (SSSR count). The minimum absolute atomic E-state index is 0.210. The molecule has 4 amide bonds. The van der Waals surface area contributed by atoms with Gasteiger partial charge in [-0.1, -0.05) is 18.2 Å². The Labute approximate surface area is 167 Å². The van der Waals surface area contributed by atoms with Gasteiger partial charge in [-0.3, -0.25) is 14.9 Å². The zero-order valence-electron chi connectivity index (χ0n) is 16.4. The van der Waals surface area contributed by atoms with Gasteiger partial charge in [0.25, 0.3) is 11.8 Å². The number of para-hydroxylation sites is 1. The summed E-state index contributed by atoms with van der Waals surface area (Å²) in [5.41, 5.74) is 1.32. The van der Waals surface area contributed by atoms with Crippen LogP contribution in [0.5, 0.6) is 17.2 Å². The van der Waals surface area contributed by atoms with Crippen LogP contribution in [0.2, 0.25) is 0 Å². The lowest BCUT2D eigenvalue weighted by Crippen LogP contribution is -2.54. The highest BCUT2D eigenvalue weighted by Gasteiger charge is 2.37. The summed E-state index contributed by atoms with van der Waals surface area (Å²) in [5, 5.41) is 2.21. The van der Waals surface area contributed by atoms with Crippen molar-refractivity contribution < 1.29 is 28.6 Å². The van der Waals surface area contributed by atoms with Gasteiger partial charge in [-0.2, -0.15) is 0 Å². The average Bonchev–Trinajstić information content (AvgIpc) is 2.71. The summed E-state index contributed by atoms with van der Waals surface area (Å²) in [5.74, 6) is -0.478. The van der Waals surface area contributed by atoms with Crippen LogP contribution < -0.4 is 24.4 Å². The number of nitrogens with zero attached hydrogens (tertiary/aromatic N) is 1. The summed E-state index contributed by atoms with van der Waals surface area (Å²) >= 11 is 0. The molecule has 0 saturated carbocycles. The summed E-state index contributed by atoms with van der Waals surface area (Å²) in [6, 6.07) is 9.36. The summed E-state index contributed by atoms with van der Waals surface area (Å²) in [4.78, 5) is 38.8. The van der Waals surface area contributed by atoms with E-state index in [1.54, 1.807) is 43.3 Å². The Morgan fingerprint density at radius 3 is 2.21 bits per heavy atom. The van der Waals surface area contributed by atoms with Gasteiger partial charge in [0.2, 0.25) is 5.75 Å². The van der Waals surface area contributed by atoms with Gasteiger partial charge in [-0.05, 0) is 36.8 Å². The van der Waals surface area contributed by atoms with Crippen LogP contribution in [0, 0.1) is 6.92 Å². The van der Waals surface area contributed by atoms with E-state index in [1.165, 1.54) is 27.4 Å². The molecule has 1 aliphatic heterocycles. The first-order valence-electron chi connectivity index (χ1n) is 8.69. The van der Waals surface area contributed by atoms with Crippen LogP contribution in [0.25, 0.3) is 6.08 Å². The number of barbiturate groups is 1. The van der Waals surface area contributed by atoms with Crippen LogP contribution in [0.1, 0.15) is 11.1 Å². The van der Waals surface area contributed by atoms with Gasteiger partial charge in [0.15, 0.2) is 11.5 Å². The minimum Gasteiger partial charge on any atom is -0.493 e. The summed E-state index contributed by atoms with van der Waals surface area (Å²) < 4.78 is 16.0. The molecule has 2 aromatic rings. The standard InChI is InChI=1S/C21H20N2O6/c1-12-7-5-6-8-15(12)23-20(25)14(19(24)22-21(23)26)11-13-9-10-16(27-2)18(29-4)17(13)28-3/h5-11H,1-4H3,(H,22,24,26)/b14-11-. The molecule has 1 aliphatic rings. The molecule has 1 heterocycles. The molecule has 29 heavy (non-hydrogen) atoms. The monoisotopic (exact) mass is 396 g/mol. The first kappa shape index (κ1) is 19.9. The second-order valence-corrected chi connectivity index (χ2v) is 6.17. The molecule has 0 unspecified atom stereocenters. The SMILES string of the molecule is COc1ccc(/C=C2/C(=O)NC(=O)N(c3ccccc3C)C2=O)c(OC)c1OC. The molecule has 1 saturated heterocycles. The molecule has 0 bridgehead atoms. The number of nitrogens with one attached hydrogen (secondary N) is 1. The fourth-order valence-corrected chi connectivity index (χ4v) is 3.08. The highest BCUT2D eigenvalue weighted by atomic mass is 16.5. The van der Waals surface area contributed by atoms with E-state index in [0.717, 1.165) is 4.90 Å². The van der Waals surface area contributed by atoms with E-state index in [9.17, 15) is 14.4 Å². The lowest BCUT2D eigenvalue weighted by Gasteiger charge is -2.27. The van der Waals surface area contributed by atoms with Crippen LogP contribution in [0.3, 0.4) is 0 Å². The van der Waals surface area contributed by atoms with Gasteiger partial charge in [0, 0.05) is 5.56 Å². The number of benzene rings is 2. The quantitative estimate of drug-likeness (QED) is 0.617. The zero-order valence-corrected chi connectivity index (χ0v) is 16.4. The van der Waals surface area contributed by atoms with Crippen LogP contribution >= 0.6 is 0 Å². The maximum atomic E-state index is 13.1. The summed E-state index contributed by atoms with van der Waals surface area (Å²) in [6.45, 7) is 1.77. The predicted octanol–water partition coefficient (Wildman–Crippen LogP) is 2.69. The molecule has 0 aromatic heterocycles. The summed E-state index contributed by atoms with van der Waals surface area (Å²) in [7, 11) is 4.37. The van der Waals surface area contributed by atoms with E-state index in [0.29, 0.717) is 34.1 Å². The Morgan fingerprint density at radius 1 is 0.897 bits per heavy atom. The van der Waals surface area contributed by atoms with E-state index in [-0.39, 0.29) is 5.57 Å². The van der Waals surface area contributed by atoms with Crippen molar-refractivity contribution >= 4 is 29.6 Å². The van der Waals surface area contributed by atoms with E-state index < -0.39 is 17.8 Å². The van der Waals surface area contributed by atoms with Crippen LogP contribution in [0.4, 0.5) is 10.5 Å². The minimum atomic E-state index is -0.800. The molecule has 0 atom stereocenters. The van der Waals surface area contributed by atoms with Gasteiger partial charge in [-0.15, -0.1) is 0 Å². The number of rotatable bonds is 5. The van der Waals surface area contributed by atoms with Gasteiger partial charge >= 0.3 is 6.03 Å². The van der Waals surface area contributed by atoms with Crippen LogP contribution in [0.15, 0.2) is 42.0 Å². The number of anilines is 1. The van der Waals surface area contributed by atoms with Crippen molar-refractivity contribution in [3.63, 3.8) is 0 Å². The van der Waals surface area contributed by atoms with Crippen molar-refractivity contribution in [3.05, 3.63) is 53.1 Å². The normalized spacial score (nSPS) is 15.4. The molecule has 8 heteroatoms. The Hall–Kier alpha value is -3.81. The molecule has 1 fully saturated rings. The molecule has 2 aromatic carbocycles. The Morgan fingerprint density at radius 2 is 1.59 bits per heavy atom. The molecule has 0 spiro atoms. The van der Waals surface area contributed by atoms with Crippen molar-refractivity contribution in [2.24, 2.45) is 0 Å². The number of methoxy groups -OCH3 is 3. The number of urea groups is 1. The fourth-order valence-electron chi connectivity index (χ4n) is 3.08. The highest BCUT2D eigenvalue weighted by molar-refractivity contribution is 6.39. The van der Waals surface area contributed by atoms with E-state index >= 15 is 0 Å². The summed E-state index contributed by atoms with van der Waals surface area (Å²) in [6.07, 6.45) is 1.36.